The Hall–Kier alpha value is -1.77. The van der Waals surface area contributed by atoms with E-state index in [0.29, 0.717) is 12.6 Å². The maximum atomic E-state index is 13.5. The van der Waals surface area contributed by atoms with Crippen LogP contribution in [0.1, 0.15) is 13.8 Å². The van der Waals surface area contributed by atoms with Gasteiger partial charge in [0.25, 0.3) is 0 Å². The average molecular weight is 343 g/mol. The molecule has 2 rings (SSSR count). The number of benzene rings is 1. The molecule has 1 heterocycles. The SMILES string of the molecule is CCN(CC)C[C@@H]1OC[C@@H](NC(=O)Nc2ccc(F)cc2F)[C@H]1O. The van der Waals surface area contributed by atoms with E-state index >= 15 is 0 Å². The van der Waals surface area contributed by atoms with Crippen LogP contribution in [-0.4, -0.2) is 60.5 Å². The first-order chi connectivity index (χ1) is 11.4. The van der Waals surface area contributed by atoms with Gasteiger partial charge in [0.2, 0.25) is 0 Å². The lowest BCUT2D eigenvalue weighted by molar-refractivity contribution is 0.0173. The predicted octanol–water partition coefficient (Wildman–Crippen LogP) is 1.56. The molecule has 134 valence electrons. The quantitative estimate of drug-likeness (QED) is 0.733. The van der Waals surface area contributed by atoms with Crippen molar-refractivity contribution in [2.24, 2.45) is 0 Å². The summed E-state index contributed by atoms with van der Waals surface area (Å²) in [6, 6.07) is 1.59. The molecular formula is C16H23F2N3O3. The van der Waals surface area contributed by atoms with Crippen LogP contribution in [0.3, 0.4) is 0 Å². The molecule has 1 saturated heterocycles. The number of nitrogens with one attached hydrogen (secondary N) is 2. The number of halogens is 2. The van der Waals surface area contributed by atoms with E-state index in [0.717, 1.165) is 25.2 Å². The lowest BCUT2D eigenvalue weighted by Crippen LogP contribution is -2.48. The van der Waals surface area contributed by atoms with Crippen molar-refractivity contribution in [1.29, 1.82) is 0 Å². The van der Waals surface area contributed by atoms with Gasteiger partial charge in [0.1, 0.15) is 17.7 Å². The van der Waals surface area contributed by atoms with Gasteiger partial charge < -0.3 is 25.4 Å². The predicted molar refractivity (Wildman–Crippen MR) is 85.8 cm³/mol. The van der Waals surface area contributed by atoms with E-state index in [1.165, 1.54) is 0 Å². The first-order valence-electron chi connectivity index (χ1n) is 7.99. The van der Waals surface area contributed by atoms with E-state index < -0.39 is 35.9 Å². The maximum Gasteiger partial charge on any atom is 0.319 e. The minimum absolute atomic E-state index is 0.137. The van der Waals surface area contributed by atoms with Gasteiger partial charge in [0.15, 0.2) is 0 Å². The van der Waals surface area contributed by atoms with Gasteiger partial charge in [-0.1, -0.05) is 13.8 Å². The van der Waals surface area contributed by atoms with Crippen molar-refractivity contribution in [2.45, 2.75) is 32.1 Å². The summed E-state index contributed by atoms with van der Waals surface area (Å²) in [5.41, 5.74) is -0.137. The molecule has 3 N–H and O–H groups in total. The summed E-state index contributed by atoms with van der Waals surface area (Å²) in [5, 5.41) is 15.1. The maximum absolute atomic E-state index is 13.5. The second kappa shape index (κ2) is 8.36. The second-order valence-electron chi connectivity index (χ2n) is 5.68. The molecule has 1 aliphatic heterocycles. The minimum atomic E-state index is -0.868. The molecule has 3 atom stereocenters. The molecule has 1 aromatic carbocycles. The Bertz CT molecular complexity index is 569. The van der Waals surface area contributed by atoms with Gasteiger partial charge in [-0.3, -0.25) is 0 Å². The van der Waals surface area contributed by atoms with E-state index in [4.69, 9.17) is 4.74 Å². The molecule has 0 radical (unpaired) electrons. The van der Waals surface area contributed by atoms with E-state index in [1.54, 1.807) is 0 Å². The van der Waals surface area contributed by atoms with Gasteiger partial charge in [-0.15, -0.1) is 0 Å². The van der Waals surface area contributed by atoms with Crippen molar-refractivity contribution in [2.75, 3.05) is 31.6 Å². The minimum Gasteiger partial charge on any atom is -0.388 e. The zero-order valence-corrected chi connectivity index (χ0v) is 13.8. The molecule has 6 nitrogen and oxygen atoms in total. The lowest BCUT2D eigenvalue weighted by atomic mass is 10.1. The van der Waals surface area contributed by atoms with Crippen molar-refractivity contribution in [3.8, 4) is 0 Å². The number of aliphatic hydroxyl groups excluding tert-OH is 1. The molecule has 0 aromatic heterocycles. The Morgan fingerprint density at radius 3 is 2.71 bits per heavy atom. The highest BCUT2D eigenvalue weighted by Crippen LogP contribution is 2.17. The summed E-state index contributed by atoms with van der Waals surface area (Å²) in [6.07, 6.45) is -1.24. The van der Waals surface area contributed by atoms with Crippen LogP contribution >= 0.6 is 0 Å². The number of anilines is 1. The van der Waals surface area contributed by atoms with Gasteiger partial charge in [0, 0.05) is 12.6 Å². The molecule has 1 aromatic rings. The number of hydrogen-bond acceptors (Lipinski definition) is 4. The zero-order chi connectivity index (χ0) is 17.7. The molecule has 1 fully saturated rings. The first-order valence-corrected chi connectivity index (χ1v) is 7.99. The normalized spacial score (nSPS) is 23.5. The third kappa shape index (κ3) is 4.62. The van der Waals surface area contributed by atoms with Crippen LogP contribution < -0.4 is 10.6 Å². The van der Waals surface area contributed by atoms with Crippen molar-refractivity contribution < 1.29 is 23.4 Å². The van der Waals surface area contributed by atoms with E-state index in [2.05, 4.69) is 15.5 Å². The van der Waals surface area contributed by atoms with Crippen LogP contribution in [0.2, 0.25) is 0 Å². The molecule has 24 heavy (non-hydrogen) atoms. The zero-order valence-electron chi connectivity index (χ0n) is 13.8. The molecule has 2 amide bonds. The largest absolute Gasteiger partial charge is 0.388 e. The van der Waals surface area contributed by atoms with Crippen molar-refractivity contribution in [1.82, 2.24) is 10.2 Å². The Morgan fingerprint density at radius 2 is 2.08 bits per heavy atom. The Labute approximate surface area is 139 Å². The molecule has 8 heteroatoms. The summed E-state index contributed by atoms with van der Waals surface area (Å²) in [7, 11) is 0. The van der Waals surface area contributed by atoms with E-state index in [-0.39, 0.29) is 12.3 Å². The number of ether oxygens (including phenoxy) is 1. The number of likely N-dealkylation sites (N-methyl/N-ethyl adjacent to an activating group) is 1. The highest BCUT2D eigenvalue weighted by atomic mass is 19.1. The number of urea groups is 1. The number of carbonyl (C=O) groups is 1. The molecular weight excluding hydrogens is 320 g/mol. The van der Waals surface area contributed by atoms with E-state index in [9.17, 15) is 18.7 Å². The summed E-state index contributed by atoms with van der Waals surface area (Å²) in [6.45, 7) is 6.46. The summed E-state index contributed by atoms with van der Waals surface area (Å²) < 4.78 is 31.9. The Morgan fingerprint density at radius 1 is 1.38 bits per heavy atom. The molecule has 0 aliphatic carbocycles. The van der Waals surface area contributed by atoms with Crippen LogP contribution in [-0.2, 0) is 4.74 Å². The van der Waals surface area contributed by atoms with Crippen LogP contribution in [0.5, 0.6) is 0 Å². The van der Waals surface area contributed by atoms with Crippen LogP contribution in [0.4, 0.5) is 19.3 Å². The molecule has 0 saturated carbocycles. The third-order valence-corrected chi connectivity index (χ3v) is 4.11. The summed E-state index contributed by atoms with van der Waals surface area (Å²) in [5.74, 6) is -1.59. The van der Waals surface area contributed by atoms with Gasteiger partial charge >= 0.3 is 6.03 Å². The topological polar surface area (TPSA) is 73.8 Å². The van der Waals surface area contributed by atoms with Crippen molar-refractivity contribution in [3.63, 3.8) is 0 Å². The van der Waals surface area contributed by atoms with Crippen molar-refractivity contribution in [3.05, 3.63) is 29.8 Å². The summed E-state index contributed by atoms with van der Waals surface area (Å²) >= 11 is 0. The number of rotatable bonds is 6. The summed E-state index contributed by atoms with van der Waals surface area (Å²) in [4.78, 5) is 14.0. The fraction of sp³-hybridized carbons (Fsp3) is 0.562. The molecule has 1 aliphatic rings. The van der Waals surface area contributed by atoms with Crippen LogP contribution in [0, 0.1) is 11.6 Å². The average Bonchev–Trinajstić information content (AvgIpc) is 2.88. The number of carbonyl (C=O) groups excluding carboxylic acids is 1. The smallest absolute Gasteiger partial charge is 0.319 e. The molecule has 0 bridgehead atoms. The number of aliphatic hydroxyl groups is 1. The number of hydrogen-bond donors (Lipinski definition) is 3. The molecule has 0 unspecified atom stereocenters. The van der Waals surface area contributed by atoms with Crippen molar-refractivity contribution >= 4 is 11.7 Å². The lowest BCUT2D eigenvalue weighted by Gasteiger charge is -2.24. The van der Waals surface area contributed by atoms with Crippen LogP contribution in [0.25, 0.3) is 0 Å². The fourth-order valence-electron chi connectivity index (χ4n) is 2.63. The fourth-order valence-corrected chi connectivity index (χ4v) is 2.63. The first kappa shape index (κ1) is 18.6. The van der Waals surface area contributed by atoms with Gasteiger partial charge in [0.05, 0.1) is 24.4 Å². The number of nitrogens with zero attached hydrogens (tertiary/aromatic N) is 1. The number of amides is 2. The van der Waals surface area contributed by atoms with Gasteiger partial charge in [-0.25, -0.2) is 13.6 Å². The standard InChI is InChI=1S/C16H23F2N3O3/c1-3-21(4-2)8-14-15(22)13(9-24-14)20-16(23)19-12-6-5-10(17)7-11(12)18/h5-7,13-15,22H,3-4,8-9H2,1-2H3,(H2,19,20,23)/t13-,14+,15-/m1/s1. The highest BCUT2D eigenvalue weighted by Gasteiger charge is 2.37. The Balaban J connectivity index is 1.88. The second-order valence-corrected chi connectivity index (χ2v) is 5.68. The third-order valence-electron chi connectivity index (χ3n) is 4.11. The highest BCUT2D eigenvalue weighted by molar-refractivity contribution is 5.89. The molecule has 0 spiro atoms. The Kier molecular flexibility index (Phi) is 6.47. The van der Waals surface area contributed by atoms with Gasteiger partial charge in [-0.05, 0) is 25.2 Å². The monoisotopic (exact) mass is 343 g/mol. The van der Waals surface area contributed by atoms with E-state index in [1.807, 2.05) is 13.8 Å². The van der Waals surface area contributed by atoms with Gasteiger partial charge in [-0.2, -0.15) is 0 Å². The van der Waals surface area contributed by atoms with Crippen LogP contribution in [0.15, 0.2) is 18.2 Å².